The summed E-state index contributed by atoms with van der Waals surface area (Å²) in [6.07, 6.45) is -12.0. The monoisotopic (exact) mass is 675 g/mol. The third-order valence-corrected chi connectivity index (χ3v) is 9.11. The number of fused-ring (bicyclic) bond motifs is 4. The second-order valence-electron chi connectivity index (χ2n) is 10.0. The summed E-state index contributed by atoms with van der Waals surface area (Å²) in [5.41, 5.74) is 10.5. The van der Waals surface area contributed by atoms with Crippen LogP contribution in [0.2, 0.25) is 0 Å². The molecule has 10 atom stereocenters. The van der Waals surface area contributed by atoms with Gasteiger partial charge in [-0.3, -0.25) is 32.5 Å². The molecule has 0 radical (unpaired) electrons. The number of nitrogen functional groups attached to an aromatic ring is 2. The van der Waals surface area contributed by atoms with Gasteiger partial charge in [-0.1, -0.05) is 5.21 Å². The first-order valence-electron chi connectivity index (χ1n) is 12.8. The number of aliphatic hydroxyl groups excluding tert-OH is 2. The number of aromatic amines is 1. The van der Waals surface area contributed by atoms with E-state index in [4.69, 9.17) is 39.2 Å². The van der Waals surface area contributed by atoms with Crippen molar-refractivity contribution in [2.24, 2.45) is 0 Å². The Labute approximate surface area is 248 Å². The summed E-state index contributed by atoms with van der Waals surface area (Å²) in [5, 5.41) is 29.6. The molecule has 7 rings (SSSR count). The second kappa shape index (κ2) is 10.8. The fraction of sp³-hybridized carbons (Fsp3) is 0.526. The predicted octanol–water partition coefficient (Wildman–Crippen LogP) is -2.95. The molecule has 4 aromatic rings. The first-order chi connectivity index (χ1) is 21.3. The van der Waals surface area contributed by atoms with Crippen LogP contribution >= 0.6 is 15.4 Å². The van der Waals surface area contributed by atoms with Crippen LogP contribution in [0, 0.1) is 0 Å². The zero-order valence-electron chi connectivity index (χ0n) is 22.3. The van der Waals surface area contributed by atoms with Gasteiger partial charge in [0.1, 0.15) is 36.3 Å². The fourth-order valence-corrected chi connectivity index (χ4v) is 7.07. The molecular weight excluding hydrogens is 652 g/mol. The van der Waals surface area contributed by atoms with Crippen molar-refractivity contribution in [3.05, 3.63) is 23.0 Å². The van der Waals surface area contributed by atoms with Gasteiger partial charge in [0.2, 0.25) is 5.95 Å². The number of aliphatic hydroxyl groups is 2. The number of nitrogens with zero attached hydrogens (tertiary/aromatic N) is 8. The SMILES string of the molecule is Nc1nc2c(nnn2[C@@H]2O[C@@H]3OCP(=O)(O)OC4[C@@H](COP(=O)(O)OC3[C@@H]2O)O[C@@H](n2cnc3c(N)ncnc32)[C@H]4O)c(=O)[nH]1. The fourth-order valence-electron chi connectivity index (χ4n) is 5.11. The van der Waals surface area contributed by atoms with E-state index in [1.165, 1.54) is 10.9 Å². The number of aromatic nitrogens is 9. The molecule has 3 aliphatic rings. The van der Waals surface area contributed by atoms with E-state index >= 15 is 0 Å². The first-order valence-corrected chi connectivity index (χ1v) is 16.1. The second-order valence-corrected chi connectivity index (χ2v) is 13.2. The van der Waals surface area contributed by atoms with Crippen LogP contribution in [0.3, 0.4) is 0 Å². The maximum atomic E-state index is 13.2. The highest BCUT2D eigenvalue weighted by Crippen LogP contribution is 2.53. The Morgan fingerprint density at radius 2 is 1.76 bits per heavy atom. The third kappa shape index (κ3) is 5.29. The molecule has 3 aliphatic heterocycles. The molecule has 0 aliphatic carbocycles. The Kier molecular flexibility index (Phi) is 7.23. The topological polar surface area (TPSA) is 343 Å². The Bertz CT molecular complexity index is 1940. The van der Waals surface area contributed by atoms with Crippen LogP contribution in [0.5, 0.6) is 0 Å². The van der Waals surface area contributed by atoms with Crippen molar-refractivity contribution >= 4 is 49.5 Å². The molecule has 4 unspecified atom stereocenters. The molecule has 3 fully saturated rings. The molecule has 0 spiro atoms. The van der Waals surface area contributed by atoms with Gasteiger partial charge in [0.15, 0.2) is 53.8 Å². The molecule has 0 saturated carbocycles. The van der Waals surface area contributed by atoms with Gasteiger partial charge in [0.25, 0.3) is 5.56 Å². The van der Waals surface area contributed by atoms with Gasteiger partial charge in [-0.15, -0.1) is 5.10 Å². The quantitative estimate of drug-likeness (QED) is 0.104. The van der Waals surface area contributed by atoms with Gasteiger partial charge in [-0.2, -0.15) is 9.67 Å². The van der Waals surface area contributed by atoms with Crippen LogP contribution in [0.15, 0.2) is 17.4 Å². The molecule has 242 valence electrons. The Morgan fingerprint density at radius 1 is 0.978 bits per heavy atom. The number of phosphoric ester groups is 1. The van der Waals surface area contributed by atoms with E-state index in [1.54, 1.807) is 0 Å². The summed E-state index contributed by atoms with van der Waals surface area (Å²) in [6.45, 7) is -0.811. The standard InChI is InChI=1S/C19H23N11O13P2/c20-12-6-13(23-2-22-12)29(3-24-6)16-8(31)10-5(40-16)1-39-45(36,37)43-11-9(32)17(41-18(11)38-4-44(34,35)42-10)30-14-7(27-28-30)15(33)26-19(21)25-14/h2-3,5,8-11,16-18,31-32H,1,4H2,(H,34,35)(H,36,37)(H2,20,22,23)(H3,21,25,26,33)/t5-,8+,9+,10?,11?,16-,17-,18+/m1/s1. The largest absolute Gasteiger partial charge is 0.472 e. The van der Waals surface area contributed by atoms with E-state index < -0.39 is 83.2 Å². The molecule has 0 bridgehead atoms. The van der Waals surface area contributed by atoms with Crippen molar-refractivity contribution in [2.45, 2.75) is 49.3 Å². The van der Waals surface area contributed by atoms with Crippen molar-refractivity contribution in [1.82, 2.24) is 44.5 Å². The van der Waals surface area contributed by atoms with E-state index in [0.717, 1.165) is 11.0 Å². The van der Waals surface area contributed by atoms with Crippen LogP contribution in [0.4, 0.5) is 11.8 Å². The molecule has 9 N–H and O–H groups in total. The number of phosphoric acid groups is 1. The van der Waals surface area contributed by atoms with Crippen molar-refractivity contribution in [1.29, 1.82) is 0 Å². The number of nitrogens with one attached hydrogen (secondary N) is 1. The lowest BCUT2D eigenvalue weighted by Crippen LogP contribution is -2.39. The van der Waals surface area contributed by atoms with Crippen LogP contribution < -0.4 is 17.0 Å². The van der Waals surface area contributed by atoms with Gasteiger partial charge in [-0.25, -0.2) is 19.5 Å². The van der Waals surface area contributed by atoms with Crippen LogP contribution in [-0.2, 0) is 36.9 Å². The van der Waals surface area contributed by atoms with E-state index in [2.05, 4.69) is 35.2 Å². The average molecular weight is 675 g/mol. The Morgan fingerprint density at radius 3 is 2.56 bits per heavy atom. The Balaban J connectivity index is 1.17. The lowest BCUT2D eigenvalue weighted by atomic mass is 10.1. The third-order valence-electron chi connectivity index (χ3n) is 7.08. The highest BCUT2D eigenvalue weighted by Gasteiger charge is 2.54. The maximum Gasteiger partial charge on any atom is 0.472 e. The number of imidazole rings is 1. The van der Waals surface area contributed by atoms with Crippen molar-refractivity contribution in [3.8, 4) is 0 Å². The average Bonchev–Trinajstić information content (AvgIpc) is 3.72. The molecular formula is C19H23N11O13P2. The molecule has 3 saturated heterocycles. The molecule has 0 aromatic carbocycles. The molecule has 4 aromatic heterocycles. The Hall–Kier alpha value is -3.51. The summed E-state index contributed by atoms with van der Waals surface area (Å²) < 4.78 is 60.8. The number of H-pyrrole nitrogens is 1. The van der Waals surface area contributed by atoms with Gasteiger partial charge in [-0.05, 0) is 0 Å². The molecule has 26 heteroatoms. The van der Waals surface area contributed by atoms with Crippen LogP contribution in [-0.4, -0.2) is 114 Å². The summed E-state index contributed by atoms with van der Waals surface area (Å²) >= 11 is 0. The minimum Gasteiger partial charge on any atom is -0.386 e. The van der Waals surface area contributed by atoms with Crippen molar-refractivity contribution < 1.29 is 56.9 Å². The van der Waals surface area contributed by atoms with Crippen molar-refractivity contribution in [2.75, 3.05) is 24.4 Å². The summed E-state index contributed by atoms with van der Waals surface area (Å²) in [5.74, 6) is -0.277. The van der Waals surface area contributed by atoms with E-state index in [9.17, 15) is 33.9 Å². The maximum absolute atomic E-state index is 13.2. The number of anilines is 2. The van der Waals surface area contributed by atoms with Gasteiger partial charge in [0, 0.05) is 0 Å². The lowest BCUT2D eigenvalue weighted by molar-refractivity contribution is -0.170. The number of ether oxygens (including phenoxy) is 3. The number of hydrogen-bond acceptors (Lipinski definition) is 19. The highest BCUT2D eigenvalue weighted by atomic mass is 31.2. The minimum atomic E-state index is -5.10. The van der Waals surface area contributed by atoms with E-state index in [0.29, 0.717) is 0 Å². The highest BCUT2D eigenvalue weighted by molar-refractivity contribution is 7.52. The normalized spacial score (nSPS) is 37.7. The minimum absolute atomic E-state index is 0.0379. The van der Waals surface area contributed by atoms with Crippen LogP contribution in [0.25, 0.3) is 22.3 Å². The number of rotatable bonds is 2. The number of hydrogen-bond donors (Lipinski definition) is 7. The molecule has 45 heavy (non-hydrogen) atoms. The zero-order valence-corrected chi connectivity index (χ0v) is 24.1. The van der Waals surface area contributed by atoms with Gasteiger partial charge >= 0.3 is 15.4 Å². The lowest BCUT2D eigenvalue weighted by Gasteiger charge is -2.28. The van der Waals surface area contributed by atoms with E-state index in [-0.39, 0.29) is 34.1 Å². The summed E-state index contributed by atoms with van der Waals surface area (Å²) in [6, 6.07) is 0. The van der Waals surface area contributed by atoms with Crippen LogP contribution in [0.1, 0.15) is 12.5 Å². The molecule has 0 amide bonds. The summed E-state index contributed by atoms with van der Waals surface area (Å²) in [7, 11) is -9.88. The van der Waals surface area contributed by atoms with Gasteiger partial charge in [0.05, 0.1) is 12.9 Å². The smallest absolute Gasteiger partial charge is 0.386 e. The van der Waals surface area contributed by atoms with E-state index in [1.807, 2.05) is 0 Å². The number of nitrogens with two attached hydrogens (primary N) is 2. The van der Waals surface area contributed by atoms with Crippen molar-refractivity contribution in [3.63, 3.8) is 0 Å². The zero-order chi connectivity index (χ0) is 31.8. The predicted molar refractivity (Wildman–Crippen MR) is 141 cm³/mol. The molecule has 7 heterocycles. The summed E-state index contributed by atoms with van der Waals surface area (Å²) in [4.78, 5) is 51.6. The molecule has 24 nitrogen and oxygen atoms in total. The van der Waals surface area contributed by atoms with Gasteiger partial charge < -0.3 is 45.7 Å². The first kappa shape index (κ1) is 30.2.